The first-order valence-corrected chi connectivity index (χ1v) is 14.6. The number of likely N-dealkylation sites (N-methyl/N-ethyl adjacent to an activating group) is 1. The van der Waals surface area contributed by atoms with Crippen LogP contribution >= 0.6 is 23.2 Å². The monoisotopic (exact) mass is 577 g/mol. The first kappa shape index (κ1) is 29.9. The van der Waals surface area contributed by atoms with Crippen molar-refractivity contribution in [3.8, 4) is 0 Å². The van der Waals surface area contributed by atoms with Gasteiger partial charge in [0, 0.05) is 30.2 Å². The fourth-order valence-electron chi connectivity index (χ4n) is 4.05. The third-order valence-electron chi connectivity index (χ3n) is 6.21. The van der Waals surface area contributed by atoms with E-state index in [4.69, 9.17) is 23.2 Å². The summed E-state index contributed by atoms with van der Waals surface area (Å²) >= 11 is 12.4. The van der Waals surface area contributed by atoms with E-state index in [2.05, 4.69) is 5.32 Å². The number of rotatable bonds is 11. The highest BCUT2D eigenvalue weighted by Gasteiger charge is 2.32. The van der Waals surface area contributed by atoms with Gasteiger partial charge in [-0.15, -0.1) is 0 Å². The third kappa shape index (κ3) is 7.26. The van der Waals surface area contributed by atoms with Gasteiger partial charge < -0.3 is 10.2 Å². The second-order valence-corrected chi connectivity index (χ2v) is 12.5. The zero-order valence-electron chi connectivity index (χ0n) is 21.9. The van der Waals surface area contributed by atoms with Gasteiger partial charge in [-0.05, 0) is 52.9 Å². The molecule has 0 aliphatic heterocycles. The Hall–Kier alpha value is -2.65. The van der Waals surface area contributed by atoms with Crippen molar-refractivity contribution in [1.29, 1.82) is 0 Å². The van der Waals surface area contributed by atoms with E-state index in [9.17, 15) is 18.0 Å². The quantitative estimate of drug-likeness (QED) is 0.333. The molecule has 0 unspecified atom stereocenters. The summed E-state index contributed by atoms with van der Waals surface area (Å²) in [6.45, 7) is 5.78. The zero-order valence-corrected chi connectivity index (χ0v) is 24.3. The molecule has 1 atom stereocenters. The third-order valence-corrected chi connectivity index (χ3v) is 8.60. The molecule has 0 saturated heterocycles. The van der Waals surface area contributed by atoms with Gasteiger partial charge in [0.1, 0.15) is 6.04 Å². The van der Waals surface area contributed by atoms with E-state index in [1.165, 1.54) is 18.0 Å². The summed E-state index contributed by atoms with van der Waals surface area (Å²) in [4.78, 5) is 28.2. The van der Waals surface area contributed by atoms with Crippen molar-refractivity contribution in [1.82, 2.24) is 14.5 Å². The van der Waals surface area contributed by atoms with Gasteiger partial charge in [0.05, 0.1) is 11.4 Å². The summed E-state index contributed by atoms with van der Waals surface area (Å²) in [5.41, 5.74) is 0.597. The number of carbonyl (C=O) groups excluding carboxylic acids is 2. The van der Waals surface area contributed by atoms with Gasteiger partial charge in [-0.25, -0.2) is 8.42 Å². The maximum atomic E-state index is 13.6. The molecule has 0 bridgehead atoms. The summed E-state index contributed by atoms with van der Waals surface area (Å²) in [5, 5.41) is 5.37. The van der Waals surface area contributed by atoms with Crippen molar-refractivity contribution in [2.24, 2.45) is 5.92 Å². The van der Waals surface area contributed by atoms with Crippen molar-refractivity contribution in [3.05, 3.63) is 76.3 Å². The van der Waals surface area contributed by atoms with E-state index in [1.54, 1.807) is 37.3 Å². The number of sulfonamides is 1. The molecule has 2 amide bonds. The van der Waals surface area contributed by atoms with Crippen LogP contribution in [0.1, 0.15) is 32.8 Å². The van der Waals surface area contributed by atoms with Crippen molar-refractivity contribution < 1.29 is 18.0 Å². The number of nitrogens with one attached hydrogen (secondary N) is 1. The highest BCUT2D eigenvalue weighted by atomic mass is 35.5. The normalized spacial score (nSPS) is 12.6. The first-order valence-electron chi connectivity index (χ1n) is 12.4. The van der Waals surface area contributed by atoms with Gasteiger partial charge in [0.2, 0.25) is 21.8 Å². The van der Waals surface area contributed by atoms with Crippen molar-refractivity contribution in [2.45, 2.75) is 44.7 Å². The number of nitrogens with zero attached hydrogens (tertiary/aromatic N) is 2. The van der Waals surface area contributed by atoms with Crippen LogP contribution in [0.5, 0.6) is 0 Å². The second kappa shape index (κ2) is 12.9. The molecule has 204 valence electrons. The minimum absolute atomic E-state index is 0.0201. The van der Waals surface area contributed by atoms with Crippen LogP contribution < -0.4 is 5.32 Å². The predicted molar refractivity (Wildman–Crippen MR) is 153 cm³/mol. The van der Waals surface area contributed by atoms with Crippen LogP contribution in [0.4, 0.5) is 0 Å². The molecule has 3 rings (SSSR count). The van der Waals surface area contributed by atoms with Crippen LogP contribution in [0.3, 0.4) is 0 Å². The Balaban J connectivity index is 1.90. The van der Waals surface area contributed by atoms with E-state index < -0.39 is 28.5 Å². The molecule has 38 heavy (non-hydrogen) atoms. The van der Waals surface area contributed by atoms with Crippen LogP contribution in [-0.4, -0.2) is 55.6 Å². The number of amides is 2. The van der Waals surface area contributed by atoms with E-state index in [-0.39, 0.29) is 23.3 Å². The fourth-order valence-corrected chi connectivity index (χ4v) is 5.67. The molecule has 1 N–H and O–H groups in total. The summed E-state index contributed by atoms with van der Waals surface area (Å²) in [5.74, 6) is -0.598. The first-order chi connectivity index (χ1) is 17.9. The molecule has 3 aromatic rings. The molecule has 7 nitrogen and oxygen atoms in total. The van der Waals surface area contributed by atoms with E-state index in [0.29, 0.717) is 28.6 Å². The molecule has 0 aromatic heterocycles. The highest BCUT2D eigenvalue weighted by Crippen LogP contribution is 2.25. The Bertz CT molecular complexity index is 1410. The van der Waals surface area contributed by atoms with E-state index >= 15 is 0 Å². The van der Waals surface area contributed by atoms with Gasteiger partial charge in [0.15, 0.2) is 0 Å². The molecule has 0 saturated carbocycles. The van der Waals surface area contributed by atoms with Crippen LogP contribution in [-0.2, 0) is 26.2 Å². The number of benzene rings is 3. The number of halogens is 2. The fraction of sp³-hybridized carbons (Fsp3) is 0.357. The van der Waals surface area contributed by atoms with E-state index in [1.807, 2.05) is 38.1 Å². The van der Waals surface area contributed by atoms with Crippen LogP contribution in [0.2, 0.25) is 10.0 Å². The molecular formula is C28H33Cl2N3O4S. The number of fused-ring (bicyclic) bond motifs is 1. The topological polar surface area (TPSA) is 86.8 Å². The minimum Gasteiger partial charge on any atom is -0.354 e. The molecule has 3 aromatic carbocycles. The van der Waals surface area contributed by atoms with Crippen molar-refractivity contribution in [3.63, 3.8) is 0 Å². The van der Waals surface area contributed by atoms with Gasteiger partial charge in [0.25, 0.3) is 0 Å². The molecule has 0 spiro atoms. The smallest absolute Gasteiger partial charge is 0.243 e. The number of hydrogen-bond donors (Lipinski definition) is 1. The summed E-state index contributed by atoms with van der Waals surface area (Å²) in [6, 6.07) is 16.4. The Morgan fingerprint density at radius 1 is 0.974 bits per heavy atom. The highest BCUT2D eigenvalue weighted by molar-refractivity contribution is 7.89. The second-order valence-electron chi connectivity index (χ2n) is 9.59. The average Bonchev–Trinajstić information content (AvgIpc) is 2.88. The van der Waals surface area contributed by atoms with Gasteiger partial charge in [-0.1, -0.05) is 80.4 Å². The molecule has 0 radical (unpaired) electrons. The van der Waals surface area contributed by atoms with Gasteiger partial charge in [-0.3, -0.25) is 9.59 Å². The predicted octanol–water partition coefficient (Wildman–Crippen LogP) is 5.35. The minimum atomic E-state index is -3.98. The van der Waals surface area contributed by atoms with Gasteiger partial charge >= 0.3 is 0 Å². The van der Waals surface area contributed by atoms with Crippen molar-refractivity contribution >= 4 is 55.8 Å². The van der Waals surface area contributed by atoms with E-state index in [0.717, 1.165) is 15.1 Å². The molecule has 0 aliphatic rings. The lowest BCUT2D eigenvalue weighted by atomic mass is 10.1. The number of hydrogen-bond acceptors (Lipinski definition) is 4. The van der Waals surface area contributed by atoms with Crippen molar-refractivity contribution in [2.75, 3.05) is 20.1 Å². The SMILES string of the molecule is CC[C@H](C(=O)NCC(C)C)N(Cc1ccc(Cl)cc1Cl)C(=O)CN(C)S(=O)(=O)c1ccc2ccccc2c1. The molecule has 0 fully saturated rings. The van der Waals surface area contributed by atoms with Gasteiger partial charge in [-0.2, -0.15) is 4.31 Å². The standard InChI is InChI=1S/C28H33Cl2N3O4S/c1-5-26(28(35)31-16-19(2)3)33(17-22-10-12-23(29)15-25(22)30)27(34)18-32(4)38(36,37)24-13-11-20-8-6-7-9-21(20)14-24/h6-15,19,26H,5,16-18H2,1-4H3,(H,31,35)/t26-/m1/s1. The zero-order chi connectivity index (χ0) is 28.0. The Morgan fingerprint density at radius 3 is 2.29 bits per heavy atom. The largest absolute Gasteiger partial charge is 0.354 e. The maximum absolute atomic E-state index is 13.6. The summed E-state index contributed by atoms with van der Waals surface area (Å²) in [7, 11) is -2.62. The van der Waals surface area contributed by atoms with Crippen LogP contribution in [0.25, 0.3) is 10.8 Å². The summed E-state index contributed by atoms with van der Waals surface area (Å²) < 4.78 is 27.8. The molecular weight excluding hydrogens is 545 g/mol. The molecule has 0 aliphatic carbocycles. The summed E-state index contributed by atoms with van der Waals surface area (Å²) in [6.07, 6.45) is 0.335. The maximum Gasteiger partial charge on any atom is 0.243 e. The lowest BCUT2D eigenvalue weighted by Gasteiger charge is -2.32. The molecule has 10 heteroatoms. The lowest BCUT2D eigenvalue weighted by molar-refractivity contribution is -0.141. The van der Waals surface area contributed by atoms with Crippen LogP contribution in [0, 0.1) is 5.92 Å². The Labute approximate surface area is 234 Å². The lowest BCUT2D eigenvalue weighted by Crippen LogP contribution is -2.52. The van der Waals surface area contributed by atoms with Crippen LogP contribution in [0.15, 0.2) is 65.6 Å². The average molecular weight is 579 g/mol. The molecule has 0 heterocycles. The Kier molecular flexibility index (Phi) is 10.2. The number of carbonyl (C=O) groups is 2. The Morgan fingerprint density at radius 2 is 1.66 bits per heavy atom.